The van der Waals surface area contributed by atoms with Crippen molar-refractivity contribution in [2.24, 2.45) is 5.92 Å². The third kappa shape index (κ3) is 3.48. The molecule has 0 unspecified atom stereocenters. The van der Waals surface area contributed by atoms with E-state index in [2.05, 4.69) is 15.9 Å². The van der Waals surface area contributed by atoms with Crippen LogP contribution in [0.15, 0.2) is 37.9 Å². The SMILES string of the molecule is CC(C)CCOC(=O)c1cc2cc(Br)ccc2oc1=O. The average Bonchev–Trinajstić information content (AvgIpc) is 2.38. The van der Waals surface area contributed by atoms with Crippen LogP contribution in [0.5, 0.6) is 0 Å². The number of fused-ring (bicyclic) bond motifs is 1. The maximum absolute atomic E-state index is 11.9. The topological polar surface area (TPSA) is 56.5 Å². The molecular formula is C15H15BrO4. The maximum Gasteiger partial charge on any atom is 0.351 e. The Morgan fingerprint density at radius 1 is 1.35 bits per heavy atom. The Bertz CT molecular complexity index is 688. The van der Waals surface area contributed by atoms with Crippen LogP contribution in [0.4, 0.5) is 0 Å². The van der Waals surface area contributed by atoms with E-state index in [0.717, 1.165) is 10.9 Å². The van der Waals surface area contributed by atoms with Gasteiger partial charge in [0.15, 0.2) is 0 Å². The van der Waals surface area contributed by atoms with Crippen LogP contribution in [0.25, 0.3) is 11.0 Å². The summed E-state index contributed by atoms with van der Waals surface area (Å²) in [5.41, 5.74) is -0.300. The van der Waals surface area contributed by atoms with Gasteiger partial charge in [-0.05, 0) is 36.6 Å². The largest absolute Gasteiger partial charge is 0.462 e. The second-order valence-corrected chi connectivity index (χ2v) is 5.86. The highest BCUT2D eigenvalue weighted by Gasteiger charge is 2.15. The standard InChI is InChI=1S/C15H15BrO4/c1-9(2)5-6-19-14(17)12-8-10-7-11(16)3-4-13(10)20-15(12)18/h3-4,7-9H,5-6H2,1-2H3. The maximum atomic E-state index is 11.9. The van der Waals surface area contributed by atoms with Crippen molar-refractivity contribution in [3.63, 3.8) is 0 Å². The molecule has 1 aromatic carbocycles. The Morgan fingerprint density at radius 3 is 2.80 bits per heavy atom. The van der Waals surface area contributed by atoms with Crippen molar-refractivity contribution in [3.05, 3.63) is 44.7 Å². The summed E-state index contributed by atoms with van der Waals surface area (Å²) in [7, 11) is 0. The molecule has 106 valence electrons. The van der Waals surface area contributed by atoms with E-state index in [9.17, 15) is 9.59 Å². The van der Waals surface area contributed by atoms with Crippen LogP contribution in [0.1, 0.15) is 30.6 Å². The fourth-order valence-electron chi connectivity index (χ4n) is 1.70. The van der Waals surface area contributed by atoms with Gasteiger partial charge in [0.25, 0.3) is 0 Å². The van der Waals surface area contributed by atoms with Gasteiger partial charge in [0.2, 0.25) is 0 Å². The summed E-state index contributed by atoms with van der Waals surface area (Å²) in [6, 6.07) is 6.73. The minimum absolute atomic E-state index is 0.0700. The summed E-state index contributed by atoms with van der Waals surface area (Å²) in [5, 5.41) is 0.676. The highest BCUT2D eigenvalue weighted by molar-refractivity contribution is 9.10. The van der Waals surface area contributed by atoms with Gasteiger partial charge >= 0.3 is 11.6 Å². The highest BCUT2D eigenvalue weighted by atomic mass is 79.9. The first kappa shape index (κ1) is 14.8. The Morgan fingerprint density at radius 2 is 2.10 bits per heavy atom. The summed E-state index contributed by atoms with van der Waals surface area (Å²) in [6.07, 6.45) is 0.760. The van der Waals surface area contributed by atoms with Crippen molar-refractivity contribution in [1.82, 2.24) is 0 Å². The van der Waals surface area contributed by atoms with Gasteiger partial charge in [0.05, 0.1) is 6.61 Å². The summed E-state index contributed by atoms with van der Waals surface area (Å²) < 4.78 is 11.1. The third-order valence-corrected chi connectivity index (χ3v) is 3.34. The van der Waals surface area contributed by atoms with E-state index in [-0.39, 0.29) is 5.56 Å². The summed E-state index contributed by atoms with van der Waals surface area (Å²) in [5.74, 6) is -0.201. The normalized spacial score (nSPS) is 11.0. The molecule has 4 nitrogen and oxygen atoms in total. The number of esters is 1. The van der Waals surface area contributed by atoms with E-state index in [1.807, 2.05) is 13.8 Å². The zero-order valence-corrected chi connectivity index (χ0v) is 12.9. The van der Waals surface area contributed by atoms with Gasteiger partial charge in [-0.2, -0.15) is 0 Å². The van der Waals surface area contributed by atoms with E-state index < -0.39 is 11.6 Å². The number of carbonyl (C=O) groups is 1. The third-order valence-electron chi connectivity index (χ3n) is 2.84. The highest BCUT2D eigenvalue weighted by Crippen LogP contribution is 2.19. The molecule has 1 heterocycles. The van der Waals surface area contributed by atoms with E-state index in [1.54, 1.807) is 18.2 Å². The summed E-state index contributed by atoms with van der Waals surface area (Å²) >= 11 is 3.33. The minimum atomic E-state index is -0.672. The van der Waals surface area contributed by atoms with Crippen molar-refractivity contribution in [2.75, 3.05) is 6.61 Å². The van der Waals surface area contributed by atoms with Crippen molar-refractivity contribution >= 4 is 32.9 Å². The zero-order chi connectivity index (χ0) is 14.7. The number of ether oxygens (including phenoxy) is 1. The Labute approximate surface area is 124 Å². The van der Waals surface area contributed by atoms with E-state index in [1.165, 1.54) is 6.07 Å². The van der Waals surface area contributed by atoms with Crippen molar-refractivity contribution in [3.8, 4) is 0 Å². The fourth-order valence-corrected chi connectivity index (χ4v) is 2.08. The number of rotatable bonds is 4. The Kier molecular flexibility index (Phi) is 4.60. The monoisotopic (exact) mass is 338 g/mol. The number of hydrogen-bond acceptors (Lipinski definition) is 4. The molecule has 0 fully saturated rings. The molecular weight excluding hydrogens is 324 g/mol. The molecule has 0 aliphatic heterocycles. The second-order valence-electron chi connectivity index (χ2n) is 4.95. The molecule has 0 aliphatic rings. The van der Waals surface area contributed by atoms with Crippen molar-refractivity contribution in [1.29, 1.82) is 0 Å². The van der Waals surface area contributed by atoms with Crippen LogP contribution in [0, 0.1) is 5.92 Å². The lowest BCUT2D eigenvalue weighted by molar-refractivity contribution is 0.0483. The first-order valence-corrected chi connectivity index (χ1v) is 7.17. The molecule has 0 saturated carbocycles. The Hall–Kier alpha value is -1.62. The van der Waals surface area contributed by atoms with Crippen LogP contribution in [-0.4, -0.2) is 12.6 Å². The van der Waals surface area contributed by atoms with E-state index in [0.29, 0.717) is 23.5 Å². The van der Waals surface area contributed by atoms with E-state index >= 15 is 0 Å². The van der Waals surface area contributed by atoms with E-state index in [4.69, 9.17) is 9.15 Å². The number of halogens is 1. The van der Waals surface area contributed by atoms with Crippen LogP contribution >= 0.6 is 15.9 Å². The van der Waals surface area contributed by atoms with Crippen LogP contribution in [-0.2, 0) is 4.74 Å². The molecule has 5 heteroatoms. The molecule has 0 amide bonds. The first-order valence-electron chi connectivity index (χ1n) is 6.38. The summed E-state index contributed by atoms with van der Waals surface area (Å²) in [6.45, 7) is 4.37. The van der Waals surface area contributed by atoms with Crippen LogP contribution in [0.2, 0.25) is 0 Å². The van der Waals surface area contributed by atoms with Crippen molar-refractivity contribution in [2.45, 2.75) is 20.3 Å². The van der Waals surface area contributed by atoms with Crippen LogP contribution < -0.4 is 5.63 Å². The molecule has 0 spiro atoms. The van der Waals surface area contributed by atoms with Gasteiger partial charge in [-0.3, -0.25) is 0 Å². The molecule has 1 aromatic heterocycles. The molecule has 2 aromatic rings. The molecule has 0 aliphatic carbocycles. The molecule has 20 heavy (non-hydrogen) atoms. The molecule has 0 bridgehead atoms. The number of hydrogen-bond donors (Lipinski definition) is 0. The van der Waals surface area contributed by atoms with Gasteiger partial charge in [-0.1, -0.05) is 29.8 Å². The molecule has 0 radical (unpaired) electrons. The van der Waals surface area contributed by atoms with Gasteiger partial charge in [0.1, 0.15) is 11.1 Å². The van der Waals surface area contributed by atoms with Crippen molar-refractivity contribution < 1.29 is 13.9 Å². The summed E-state index contributed by atoms with van der Waals surface area (Å²) in [4.78, 5) is 23.7. The quantitative estimate of drug-likeness (QED) is 0.629. The average molecular weight is 339 g/mol. The predicted molar refractivity (Wildman–Crippen MR) is 79.9 cm³/mol. The van der Waals surface area contributed by atoms with Crippen LogP contribution in [0.3, 0.4) is 0 Å². The molecule has 2 rings (SSSR count). The lowest BCUT2D eigenvalue weighted by atomic mass is 10.1. The lowest BCUT2D eigenvalue weighted by Gasteiger charge is -2.06. The Balaban J connectivity index is 2.27. The van der Waals surface area contributed by atoms with Gasteiger partial charge in [0, 0.05) is 9.86 Å². The number of benzene rings is 1. The fraction of sp³-hybridized carbons (Fsp3) is 0.333. The first-order chi connectivity index (χ1) is 9.47. The molecule has 0 N–H and O–H groups in total. The lowest BCUT2D eigenvalue weighted by Crippen LogP contribution is -2.17. The van der Waals surface area contributed by atoms with Gasteiger partial charge in [-0.15, -0.1) is 0 Å². The predicted octanol–water partition coefficient (Wildman–Crippen LogP) is 3.76. The second kappa shape index (κ2) is 6.22. The van der Waals surface area contributed by atoms with Gasteiger partial charge < -0.3 is 9.15 Å². The minimum Gasteiger partial charge on any atom is -0.462 e. The molecule has 0 saturated heterocycles. The number of carbonyl (C=O) groups excluding carboxylic acids is 1. The molecule has 0 atom stereocenters. The smallest absolute Gasteiger partial charge is 0.351 e. The van der Waals surface area contributed by atoms with Gasteiger partial charge in [-0.25, -0.2) is 9.59 Å². The zero-order valence-electron chi connectivity index (χ0n) is 11.3.